The Labute approximate surface area is 129 Å². The van der Waals surface area contributed by atoms with Gasteiger partial charge in [0.1, 0.15) is 0 Å². The Kier molecular flexibility index (Phi) is 3.41. The smallest absolute Gasteiger partial charge is 0.337 e. The van der Waals surface area contributed by atoms with Gasteiger partial charge in [0.05, 0.1) is 23.1 Å². The van der Waals surface area contributed by atoms with E-state index < -0.39 is 5.97 Å². The van der Waals surface area contributed by atoms with Gasteiger partial charge in [0.25, 0.3) is 0 Å². The molecule has 0 bridgehead atoms. The Morgan fingerprint density at radius 2 is 1.71 bits per heavy atom. The van der Waals surface area contributed by atoms with Crippen molar-refractivity contribution >= 4 is 39.4 Å². The molecule has 2 aliphatic rings. The first-order valence-electron chi connectivity index (χ1n) is 6.56. The molecule has 0 spiro atoms. The van der Waals surface area contributed by atoms with E-state index >= 15 is 0 Å². The number of carbonyl (C=O) groups is 3. The van der Waals surface area contributed by atoms with E-state index in [2.05, 4.69) is 15.9 Å². The van der Waals surface area contributed by atoms with Gasteiger partial charge >= 0.3 is 5.97 Å². The maximum Gasteiger partial charge on any atom is 0.337 e. The number of imide groups is 1. The van der Waals surface area contributed by atoms with Crippen LogP contribution in [0, 0.1) is 11.8 Å². The Morgan fingerprint density at radius 3 is 2.24 bits per heavy atom. The summed E-state index contributed by atoms with van der Waals surface area (Å²) in [4.78, 5) is 37.4. The molecule has 0 radical (unpaired) electrons. The second-order valence-corrected chi connectivity index (χ2v) is 6.05. The van der Waals surface area contributed by atoms with Crippen LogP contribution in [-0.4, -0.2) is 22.9 Å². The third kappa shape index (κ3) is 2.19. The zero-order valence-corrected chi connectivity index (χ0v) is 12.5. The van der Waals surface area contributed by atoms with Crippen molar-refractivity contribution in [1.29, 1.82) is 0 Å². The topological polar surface area (TPSA) is 74.7 Å². The molecular weight excluding hydrogens is 338 g/mol. The van der Waals surface area contributed by atoms with E-state index in [0.717, 1.165) is 4.90 Å². The number of amides is 2. The van der Waals surface area contributed by atoms with Crippen LogP contribution in [0.25, 0.3) is 0 Å². The van der Waals surface area contributed by atoms with Crippen LogP contribution in [0.5, 0.6) is 0 Å². The van der Waals surface area contributed by atoms with E-state index in [1.54, 1.807) is 6.07 Å². The molecule has 2 amide bonds. The largest absolute Gasteiger partial charge is 0.478 e. The third-order valence-corrected chi connectivity index (χ3v) is 4.43. The number of aromatic carboxylic acids is 1. The Balaban J connectivity index is 2.09. The number of allylic oxidation sites excluding steroid dienone is 2. The lowest BCUT2D eigenvalue weighted by Gasteiger charge is -2.17. The summed E-state index contributed by atoms with van der Waals surface area (Å²) >= 11 is 3.25. The molecular formula is C15H12BrNO4. The second-order valence-electron chi connectivity index (χ2n) is 5.13. The number of carboxylic acid groups (broad SMARTS) is 1. The van der Waals surface area contributed by atoms with Crippen molar-refractivity contribution in [2.75, 3.05) is 4.90 Å². The van der Waals surface area contributed by atoms with Crippen LogP contribution in [0.2, 0.25) is 0 Å². The predicted molar refractivity (Wildman–Crippen MR) is 78.9 cm³/mol. The van der Waals surface area contributed by atoms with Crippen molar-refractivity contribution in [2.24, 2.45) is 11.8 Å². The third-order valence-electron chi connectivity index (χ3n) is 3.94. The summed E-state index contributed by atoms with van der Waals surface area (Å²) in [5.74, 6) is -2.53. The summed E-state index contributed by atoms with van der Waals surface area (Å²) in [5.41, 5.74) is 0.0905. The van der Waals surface area contributed by atoms with Crippen molar-refractivity contribution in [3.05, 3.63) is 40.4 Å². The van der Waals surface area contributed by atoms with E-state index in [1.807, 2.05) is 12.2 Å². The number of carbonyl (C=O) groups excluding carboxylic acids is 2. The summed E-state index contributed by atoms with van der Waals surface area (Å²) in [6.07, 6.45) is 4.86. The minimum absolute atomic E-state index is 0.0495. The molecule has 2 atom stereocenters. The minimum Gasteiger partial charge on any atom is -0.478 e. The van der Waals surface area contributed by atoms with Crippen molar-refractivity contribution in [3.63, 3.8) is 0 Å². The number of benzene rings is 1. The molecule has 1 aromatic carbocycles. The lowest BCUT2D eigenvalue weighted by atomic mass is 9.85. The number of carboxylic acids is 1. The van der Waals surface area contributed by atoms with Crippen LogP contribution in [0.1, 0.15) is 23.2 Å². The van der Waals surface area contributed by atoms with Gasteiger partial charge in [-0.05, 0) is 31.0 Å². The fourth-order valence-electron chi connectivity index (χ4n) is 2.91. The number of halogens is 1. The van der Waals surface area contributed by atoms with Gasteiger partial charge in [0, 0.05) is 4.47 Å². The summed E-state index contributed by atoms with van der Waals surface area (Å²) < 4.78 is 0.621. The van der Waals surface area contributed by atoms with Gasteiger partial charge in [-0.1, -0.05) is 28.1 Å². The highest BCUT2D eigenvalue weighted by Gasteiger charge is 2.48. The van der Waals surface area contributed by atoms with E-state index in [-0.39, 0.29) is 34.9 Å². The van der Waals surface area contributed by atoms with E-state index in [1.165, 1.54) is 12.1 Å². The van der Waals surface area contributed by atoms with Crippen LogP contribution in [-0.2, 0) is 9.59 Å². The monoisotopic (exact) mass is 349 g/mol. The number of fused-ring (bicyclic) bond motifs is 1. The molecule has 1 heterocycles. The fourth-order valence-corrected chi connectivity index (χ4v) is 3.26. The molecule has 0 saturated carbocycles. The standard InChI is InChI=1S/C15H12BrNO4/c16-8-5-6-11(15(20)21)12(7-8)17-13(18)9-3-1-2-4-10(9)14(17)19/h1-2,5-7,9-10H,3-4H2,(H,20,21)/t9-,10+. The van der Waals surface area contributed by atoms with Gasteiger partial charge in [-0.2, -0.15) is 0 Å². The first-order chi connectivity index (χ1) is 10.0. The van der Waals surface area contributed by atoms with Gasteiger partial charge in [-0.3, -0.25) is 9.59 Å². The molecule has 1 N–H and O–H groups in total. The first-order valence-corrected chi connectivity index (χ1v) is 7.35. The van der Waals surface area contributed by atoms with Gasteiger partial charge in [-0.25, -0.2) is 9.69 Å². The number of hydrogen-bond acceptors (Lipinski definition) is 3. The number of hydrogen-bond donors (Lipinski definition) is 1. The summed E-state index contributed by atoms with van der Waals surface area (Å²) in [5, 5.41) is 9.27. The zero-order valence-electron chi connectivity index (χ0n) is 11.0. The maximum absolute atomic E-state index is 12.5. The second kappa shape index (κ2) is 5.11. The van der Waals surface area contributed by atoms with Crippen LogP contribution in [0.15, 0.2) is 34.8 Å². The van der Waals surface area contributed by atoms with Crippen LogP contribution in [0.4, 0.5) is 5.69 Å². The summed E-state index contributed by atoms with van der Waals surface area (Å²) in [6, 6.07) is 4.47. The van der Waals surface area contributed by atoms with Crippen molar-refractivity contribution in [2.45, 2.75) is 12.8 Å². The molecule has 1 aliphatic carbocycles. The van der Waals surface area contributed by atoms with Gasteiger partial charge in [0.15, 0.2) is 0 Å². The minimum atomic E-state index is -1.16. The molecule has 0 aromatic heterocycles. The average Bonchev–Trinajstić information content (AvgIpc) is 2.71. The van der Waals surface area contributed by atoms with Gasteiger partial charge in [0.2, 0.25) is 11.8 Å². The quantitative estimate of drug-likeness (QED) is 0.657. The van der Waals surface area contributed by atoms with E-state index in [4.69, 9.17) is 0 Å². The van der Waals surface area contributed by atoms with Crippen LogP contribution in [0.3, 0.4) is 0 Å². The highest BCUT2D eigenvalue weighted by molar-refractivity contribution is 9.10. The lowest BCUT2D eigenvalue weighted by Crippen LogP contribution is -2.32. The van der Waals surface area contributed by atoms with E-state index in [9.17, 15) is 19.5 Å². The molecule has 1 fully saturated rings. The number of rotatable bonds is 2. The fraction of sp³-hybridized carbons (Fsp3) is 0.267. The SMILES string of the molecule is O=C(O)c1ccc(Br)cc1N1C(=O)[C@H]2CC=CC[C@H]2C1=O. The van der Waals surface area contributed by atoms with Gasteiger partial charge < -0.3 is 5.11 Å². The highest BCUT2D eigenvalue weighted by Crippen LogP contribution is 2.39. The molecule has 3 rings (SSSR count). The molecule has 5 nitrogen and oxygen atoms in total. The van der Waals surface area contributed by atoms with Crippen molar-refractivity contribution < 1.29 is 19.5 Å². The lowest BCUT2D eigenvalue weighted by molar-refractivity contribution is -0.122. The molecule has 21 heavy (non-hydrogen) atoms. The predicted octanol–water partition coefficient (Wildman–Crippen LogP) is 2.60. The Bertz CT molecular complexity index is 656. The zero-order chi connectivity index (χ0) is 15.1. The molecule has 1 saturated heterocycles. The Hall–Kier alpha value is -1.95. The maximum atomic E-state index is 12.5. The van der Waals surface area contributed by atoms with E-state index in [0.29, 0.717) is 17.3 Å². The normalized spacial score (nSPS) is 24.3. The molecule has 0 unspecified atom stereocenters. The summed E-state index contributed by atoms with van der Waals surface area (Å²) in [7, 11) is 0. The molecule has 108 valence electrons. The molecule has 1 aromatic rings. The highest BCUT2D eigenvalue weighted by atomic mass is 79.9. The number of anilines is 1. The molecule has 6 heteroatoms. The van der Waals surface area contributed by atoms with Crippen LogP contribution < -0.4 is 4.90 Å². The Morgan fingerprint density at radius 1 is 1.14 bits per heavy atom. The van der Waals surface area contributed by atoms with Crippen molar-refractivity contribution in [3.8, 4) is 0 Å². The van der Waals surface area contributed by atoms with Gasteiger partial charge in [-0.15, -0.1) is 0 Å². The first kappa shape index (κ1) is 14.0. The van der Waals surface area contributed by atoms with Crippen LogP contribution >= 0.6 is 15.9 Å². The summed E-state index contributed by atoms with van der Waals surface area (Å²) in [6.45, 7) is 0. The van der Waals surface area contributed by atoms with Crippen molar-refractivity contribution in [1.82, 2.24) is 0 Å². The average molecular weight is 350 g/mol. The number of nitrogens with zero attached hydrogens (tertiary/aromatic N) is 1. The molecule has 1 aliphatic heterocycles.